The summed E-state index contributed by atoms with van der Waals surface area (Å²) in [5, 5.41) is 0. The molecule has 0 saturated carbocycles. The van der Waals surface area contributed by atoms with Gasteiger partial charge >= 0.3 is 5.69 Å². The van der Waals surface area contributed by atoms with Crippen LogP contribution in [0.1, 0.15) is 11.8 Å². The molecule has 0 aliphatic carbocycles. The Kier molecular flexibility index (Phi) is 3.11. The largest absolute Gasteiger partial charge is 0.328 e. The molecule has 0 fully saturated rings. The third-order valence-corrected chi connectivity index (χ3v) is 3.82. The smallest absolute Gasteiger partial charge is 0.300 e. The molecule has 2 aromatic heterocycles. The number of halogens is 1. The Morgan fingerprint density at radius 2 is 2.07 bits per heavy atom. The van der Waals surface area contributed by atoms with E-state index in [1.165, 1.54) is 4.88 Å². The molecule has 3 nitrogen and oxygen atoms in total. The molecule has 0 amide bonds. The number of imidazole rings is 1. The summed E-state index contributed by atoms with van der Waals surface area (Å²) in [5.41, 5.74) is 0.0574. The second kappa shape index (κ2) is 4.37. The van der Waals surface area contributed by atoms with E-state index in [-0.39, 0.29) is 5.69 Å². The lowest BCUT2D eigenvalue weighted by Crippen LogP contribution is -2.23. The summed E-state index contributed by atoms with van der Waals surface area (Å²) in [5.74, 6) is 0. The lowest BCUT2D eigenvalue weighted by Gasteiger charge is -1.97. The molecular formula is C10H11BrN2OS. The number of nitrogens with zero attached hydrogens (tertiary/aromatic N) is 2. The van der Waals surface area contributed by atoms with Crippen molar-refractivity contribution in [3.63, 3.8) is 0 Å². The van der Waals surface area contributed by atoms with E-state index in [9.17, 15) is 4.79 Å². The summed E-state index contributed by atoms with van der Waals surface area (Å²) < 4.78 is 4.52. The summed E-state index contributed by atoms with van der Waals surface area (Å²) in [4.78, 5) is 12.9. The SMILES string of the molecule is CCn1ccn(Cc2ccc(Br)s2)c1=O. The summed E-state index contributed by atoms with van der Waals surface area (Å²) in [6, 6.07) is 4.03. The minimum Gasteiger partial charge on any atom is -0.300 e. The number of rotatable bonds is 3. The normalized spacial score (nSPS) is 10.8. The van der Waals surface area contributed by atoms with Gasteiger partial charge < -0.3 is 0 Å². The van der Waals surface area contributed by atoms with E-state index in [1.54, 1.807) is 20.5 Å². The first-order valence-corrected chi connectivity index (χ1v) is 6.31. The van der Waals surface area contributed by atoms with Crippen LogP contribution < -0.4 is 5.69 Å². The van der Waals surface area contributed by atoms with E-state index < -0.39 is 0 Å². The highest BCUT2D eigenvalue weighted by Crippen LogP contribution is 2.22. The van der Waals surface area contributed by atoms with E-state index in [0.29, 0.717) is 6.54 Å². The van der Waals surface area contributed by atoms with Crippen LogP contribution in [0.2, 0.25) is 0 Å². The molecule has 80 valence electrons. The predicted octanol–water partition coefficient (Wildman–Crippen LogP) is 2.54. The standard InChI is InChI=1S/C10H11BrN2OS/c1-2-12-5-6-13(10(12)14)7-8-3-4-9(11)15-8/h3-6H,2,7H2,1H3. The Bertz CT molecular complexity index is 511. The van der Waals surface area contributed by atoms with Crippen molar-refractivity contribution in [2.24, 2.45) is 0 Å². The second-order valence-electron chi connectivity index (χ2n) is 3.20. The van der Waals surface area contributed by atoms with Gasteiger partial charge in [-0.15, -0.1) is 11.3 Å². The van der Waals surface area contributed by atoms with Crippen LogP contribution in [0.15, 0.2) is 33.1 Å². The zero-order chi connectivity index (χ0) is 10.8. The number of hydrogen-bond donors (Lipinski definition) is 0. The first-order valence-electron chi connectivity index (χ1n) is 4.70. The van der Waals surface area contributed by atoms with Gasteiger partial charge in [-0.25, -0.2) is 4.79 Å². The van der Waals surface area contributed by atoms with Crippen molar-refractivity contribution in [1.29, 1.82) is 0 Å². The maximum Gasteiger partial charge on any atom is 0.328 e. The number of thiophene rings is 1. The van der Waals surface area contributed by atoms with Gasteiger partial charge in [-0.1, -0.05) is 0 Å². The molecule has 0 saturated heterocycles. The summed E-state index contributed by atoms with van der Waals surface area (Å²) in [6.07, 6.45) is 3.66. The van der Waals surface area contributed by atoms with Crippen molar-refractivity contribution in [2.75, 3.05) is 0 Å². The molecule has 2 rings (SSSR count). The molecule has 2 heterocycles. The molecule has 15 heavy (non-hydrogen) atoms. The van der Waals surface area contributed by atoms with E-state index >= 15 is 0 Å². The molecule has 0 aromatic carbocycles. The van der Waals surface area contributed by atoms with E-state index in [1.807, 2.05) is 31.5 Å². The Balaban J connectivity index is 2.25. The van der Waals surface area contributed by atoms with Gasteiger partial charge in [0.1, 0.15) is 0 Å². The summed E-state index contributed by atoms with van der Waals surface area (Å²) in [6.45, 7) is 3.34. The molecule has 0 bridgehead atoms. The molecule has 0 atom stereocenters. The van der Waals surface area contributed by atoms with Crippen LogP contribution in [0.25, 0.3) is 0 Å². The number of aryl methyl sites for hydroxylation is 1. The van der Waals surface area contributed by atoms with Crippen molar-refractivity contribution in [1.82, 2.24) is 9.13 Å². The third kappa shape index (κ3) is 2.23. The number of aromatic nitrogens is 2. The Morgan fingerprint density at radius 1 is 1.33 bits per heavy atom. The van der Waals surface area contributed by atoms with Crippen LogP contribution in [0.5, 0.6) is 0 Å². The maximum atomic E-state index is 11.7. The Labute approximate surface area is 100 Å². The predicted molar refractivity (Wildman–Crippen MR) is 65.5 cm³/mol. The van der Waals surface area contributed by atoms with Gasteiger partial charge in [-0.05, 0) is 35.0 Å². The van der Waals surface area contributed by atoms with Crippen molar-refractivity contribution in [2.45, 2.75) is 20.0 Å². The van der Waals surface area contributed by atoms with E-state index in [2.05, 4.69) is 15.9 Å². The molecular weight excluding hydrogens is 276 g/mol. The maximum absolute atomic E-state index is 11.7. The van der Waals surface area contributed by atoms with Gasteiger partial charge in [-0.2, -0.15) is 0 Å². The minimum absolute atomic E-state index is 0.0574. The third-order valence-electron chi connectivity index (χ3n) is 2.21. The zero-order valence-electron chi connectivity index (χ0n) is 8.31. The first kappa shape index (κ1) is 10.7. The van der Waals surface area contributed by atoms with Crippen LogP contribution in [-0.2, 0) is 13.1 Å². The van der Waals surface area contributed by atoms with E-state index in [4.69, 9.17) is 0 Å². The van der Waals surface area contributed by atoms with Gasteiger partial charge in [0.25, 0.3) is 0 Å². The second-order valence-corrected chi connectivity index (χ2v) is 5.75. The highest BCUT2D eigenvalue weighted by molar-refractivity contribution is 9.11. The molecule has 0 spiro atoms. The summed E-state index contributed by atoms with van der Waals surface area (Å²) >= 11 is 5.06. The highest BCUT2D eigenvalue weighted by Gasteiger charge is 2.03. The molecule has 0 N–H and O–H groups in total. The summed E-state index contributed by atoms with van der Waals surface area (Å²) in [7, 11) is 0. The van der Waals surface area contributed by atoms with Crippen LogP contribution in [0, 0.1) is 0 Å². The van der Waals surface area contributed by atoms with Crippen molar-refractivity contribution >= 4 is 27.3 Å². The van der Waals surface area contributed by atoms with Gasteiger partial charge in [-0.3, -0.25) is 9.13 Å². The van der Waals surface area contributed by atoms with Gasteiger partial charge in [0, 0.05) is 23.8 Å². The Hall–Kier alpha value is -0.810. The van der Waals surface area contributed by atoms with Gasteiger partial charge in [0.05, 0.1) is 10.3 Å². The highest BCUT2D eigenvalue weighted by atomic mass is 79.9. The van der Waals surface area contributed by atoms with Crippen LogP contribution in [0.4, 0.5) is 0 Å². The average molecular weight is 287 g/mol. The molecule has 0 aliphatic rings. The fourth-order valence-electron chi connectivity index (χ4n) is 1.42. The molecule has 0 unspecified atom stereocenters. The van der Waals surface area contributed by atoms with Crippen molar-refractivity contribution in [3.8, 4) is 0 Å². The molecule has 0 radical (unpaired) electrons. The first-order chi connectivity index (χ1) is 7.20. The molecule has 2 aromatic rings. The van der Waals surface area contributed by atoms with Crippen molar-refractivity contribution < 1.29 is 0 Å². The van der Waals surface area contributed by atoms with Gasteiger partial charge in [0.15, 0.2) is 0 Å². The molecule has 0 aliphatic heterocycles. The van der Waals surface area contributed by atoms with Crippen molar-refractivity contribution in [3.05, 3.63) is 43.7 Å². The zero-order valence-corrected chi connectivity index (χ0v) is 10.7. The lowest BCUT2D eigenvalue weighted by atomic mass is 10.5. The monoisotopic (exact) mass is 286 g/mol. The molecule has 5 heteroatoms. The van der Waals surface area contributed by atoms with Crippen LogP contribution >= 0.6 is 27.3 Å². The van der Waals surface area contributed by atoms with E-state index in [0.717, 1.165) is 10.3 Å². The van der Waals surface area contributed by atoms with Gasteiger partial charge in [0.2, 0.25) is 0 Å². The topological polar surface area (TPSA) is 26.9 Å². The van der Waals surface area contributed by atoms with Crippen LogP contribution in [-0.4, -0.2) is 9.13 Å². The lowest BCUT2D eigenvalue weighted by molar-refractivity contribution is 0.671. The quantitative estimate of drug-likeness (QED) is 0.852. The fourth-order valence-corrected chi connectivity index (χ4v) is 2.90. The Morgan fingerprint density at radius 3 is 2.60 bits per heavy atom. The average Bonchev–Trinajstić information content (AvgIpc) is 2.76. The van der Waals surface area contributed by atoms with Crippen LogP contribution in [0.3, 0.4) is 0 Å². The minimum atomic E-state index is 0.0574. The number of hydrogen-bond acceptors (Lipinski definition) is 2. The fraction of sp³-hybridized carbons (Fsp3) is 0.300.